The predicted octanol–water partition coefficient (Wildman–Crippen LogP) is 4.96. The van der Waals surface area contributed by atoms with Crippen LogP contribution in [0.15, 0.2) is 66.7 Å². The minimum atomic E-state index is 0.216. The van der Waals surface area contributed by atoms with Crippen molar-refractivity contribution in [3.63, 3.8) is 0 Å². The second-order valence-electron chi connectivity index (χ2n) is 5.44. The van der Waals surface area contributed by atoms with E-state index in [-0.39, 0.29) is 5.78 Å². The van der Waals surface area contributed by atoms with Crippen molar-refractivity contribution in [2.75, 3.05) is 0 Å². The number of hydrogen-bond donors (Lipinski definition) is 0. The monoisotopic (exact) mass is 274 g/mol. The number of carbonyl (C=O) groups is 1. The lowest BCUT2D eigenvalue weighted by atomic mass is 9.97. The first-order chi connectivity index (χ1) is 10.2. The quantitative estimate of drug-likeness (QED) is 0.614. The highest BCUT2D eigenvalue weighted by Crippen LogP contribution is 2.20. The molecule has 0 spiro atoms. The van der Waals surface area contributed by atoms with Crippen LogP contribution in [0.3, 0.4) is 0 Å². The highest BCUT2D eigenvalue weighted by atomic mass is 16.1. The number of hydrogen-bond acceptors (Lipinski definition) is 1. The first-order valence-electron chi connectivity index (χ1n) is 7.30. The smallest absolute Gasteiger partial charge is 0.163 e. The fourth-order valence-corrected chi connectivity index (χ4v) is 2.73. The summed E-state index contributed by atoms with van der Waals surface area (Å²) in [5, 5.41) is 2.17. The van der Waals surface area contributed by atoms with Gasteiger partial charge in [0.1, 0.15) is 0 Å². The van der Waals surface area contributed by atoms with Crippen LogP contribution in [0.1, 0.15) is 27.9 Å². The Morgan fingerprint density at radius 1 is 0.905 bits per heavy atom. The number of benzene rings is 3. The zero-order valence-corrected chi connectivity index (χ0v) is 12.2. The Labute approximate surface area is 125 Å². The second kappa shape index (κ2) is 5.92. The van der Waals surface area contributed by atoms with E-state index in [0.717, 1.165) is 22.8 Å². The number of rotatable bonds is 4. The van der Waals surface area contributed by atoms with E-state index in [1.165, 1.54) is 11.1 Å². The first kappa shape index (κ1) is 13.6. The average Bonchev–Trinajstić information content (AvgIpc) is 2.52. The minimum Gasteiger partial charge on any atom is -0.294 e. The van der Waals surface area contributed by atoms with E-state index >= 15 is 0 Å². The molecule has 0 radical (unpaired) electrons. The Hall–Kier alpha value is -2.41. The number of carbonyl (C=O) groups excluding carboxylic acids is 1. The molecule has 0 heterocycles. The molecule has 0 aromatic heterocycles. The van der Waals surface area contributed by atoms with E-state index in [4.69, 9.17) is 0 Å². The lowest BCUT2D eigenvalue weighted by Gasteiger charge is -2.06. The lowest BCUT2D eigenvalue weighted by molar-refractivity contribution is 0.0984. The van der Waals surface area contributed by atoms with Crippen molar-refractivity contribution >= 4 is 16.6 Å². The van der Waals surface area contributed by atoms with E-state index in [0.29, 0.717) is 6.42 Å². The van der Waals surface area contributed by atoms with Crippen molar-refractivity contribution in [2.45, 2.75) is 19.8 Å². The van der Waals surface area contributed by atoms with E-state index in [1.807, 2.05) is 48.5 Å². The Morgan fingerprint density at radius 2 is 1.67 bits per heavy atom. The van der Waals surface area contributed by atoms with Crippen LogP contribution in [-0.4, -0.2) is 5.78 Å². The topological polar surface area (TPSA) is 17.1 Å². The molecule has 0 aliphatic heterocycles. The maximum Gasteiger partial charge on any atom is 0.163 e. The van der Waals surface area contributed by atoms with Crippen LogP contribution >= 0.6 is 0 Å². The summed E-state index contributed by atoms with van der Waals surface area (Å²) in [7, 11) is 0. The molecule has 3 aromatic carbocycles. The molecule has 0 saturated carbocycles. The standard InChI is InChI=1S/C20H18O/c1-15-6-4-7-16(14-15)12-13-20(21)19-11-5-9-17-8-2-3-10-18(17)19/h2-11,14H,12-13H2,1H3. The first-order valence-corrected chi connectivity index (χ1v) is 7.30. The zero-order valence-electron chi connectivity index (χ0n) is 12.2. The normalized spacial score (nSPS) is 10.7. The van der Waals surface area contributed by atoms with Crippen molar-refractivity contribution in [3.8, 4) is 0 Å². The van der Waals surface area contributed by atoms with E-state index in [1.54, 1.807) is 0 Å². The highest BCUT2D eigenvalue weighted by molar-refractivity contribution is 6.08. The molecule has 0 amide bonds. The molecule has 0 aliphatic carbocycles. The van der Waals surface area contributed by atoms with Gasteiger partial charge in [0.2, 0.25) is 0 Å². The summed E-state index contributed by atoms with van der Waals surface area (Å²) in [6.45, 7) is 2.08. The molecule has 0 bridgehead atoms. The van der Waals surface area contributed by atoms with Gasteiger partial charge in [0.15, 0.2) is 5.78 Å². The van der Waals surface area contributed by atoms with Crippen molar-refractivity contribution in [1.82, 2.24) is 0 Å². The van der Waals surface area contributed by atoms with E-state index < -0.39 is 0 Å². The van der Waals surface area contributed by atoms with Crippen molar-refractivity contribution < 1.29 is 4.79 Å². The van der Waals surface area contributed by atoms with Crippen molar-refractivity contribution in [2.24, 2.45) is 0 Å². The van der Waals surface area contributed by atoms with Crippen LogP contribution in [0.25, 0.3) is 10.8 Å². The molecule has 1 nitrogen and oxygen atoms in total. The molecule has 3 rings (SSSR count). The van der Waals surface area contributed by atoms with E-state index in [2.05, 4.69) is 25.1 Å². The largest absolute Gasteiger partial charge is 0.294 e. The van der Waals surface area contributed by atoms with Gasteiger partial charge in [0, 0.05) is 12.0 Å². The second-order valence-corrected chi connectivity index (χ2v) is 5.44. The molecule has 0 atom stereocenters. The van der Waals surface area contributed by atoms with Gasteiger partial charge in [0.05, 0.1) is 0 Å². The maximum absolute atomic E-state index is 12.5. The van der Waals surface area contributed by atoms with Gasteiger partial charge in [-0.15, -0.1) is 0 Å². The number of ketones is 1. The third kappa shape index (κ3) is 3.03. The summed E-state index contributed by atoms with van der Waals surface area (Å²) in [6.07, 6.45) is 1.35. The average molecular weight is 274 g/mol. The lowest BCUT2D eigenvalue weighted by Crippen LogP contribution is -2.02. The summed E-state index contributed by atoms with van der Waals surface area (Å²) in [6, 6.07) is 22.4. The SMILES string of the molecule is Cc1cccc(CCC(=O)c2cccc3ccccc23)c1. The Bertz CT molecular complexity index is 781. The molecular weight excluding hydrogens is 256 g/mol. The molecule has 104 valence electrons. The van der Waals surface area contributed by atoms with Crippen molar-refractivity contribution in [1.29, 1.82) is 0 Å². The van der Waals surface area contributed by atoms with Crippen molar-refractivity contribution in [3.05, 3.63) is 83.4 Å². The number of aryl methyl sites for hydroxylation is 2. The van der Waals surface area contributed by atoms with Crippen LogP contribution in [0, 0.1) is 6.92 Å². The van der Waals surface area contributed by atoms with Gasteiger partial charge in [-0.2, -0.15) is 0 Å². The molecule has 0 saturated heterocycles. The molecule has 0 N–H and O–H groups in total. The Balaban J connectivity index is 1.81. The van der Waals surface area contributed by atoms with Gasteiger partial charge >= 0.3 is 0 Å². The summed E-state index contributed by atoms with van der Waals surface area (Å²) in [5.74, 6) is 0.216. The Kier molecular flexibility index (Phi) is 3.83. The molecule has 1 heteroatoms. The fourth-order valence-electron chi connectivity index (χ4n) is 2.73. The molecular formula is C20H18O. The van der Waals surface area contributed by atoms with Gasteiger partial charge in [-0.1, -0.05) is 72.3 Å². The van der Waals surface area contributed by atoms with Crippen LogP contribution in [0.2, 0.25) is 0 Å². The summed E-state index contributed by atoms with van der Waals surface area (Å²) < 4.78 is 0. The van der Waals surface area contributed by atoms with Crippen LogP contribution in [0.4, 0.5) is 0 Å². The van der Waals surface area contributed by atoms with Gasteiger partial charge in [-0.25, -0.2) is 0 Å². The maximum atomic E-state index is 12.5. The molecule has 0 fully saturated rings. The summed E-state index contributed by atoms with van der Waals surface area (Å²) >= 11 is 0. The third-order valence-corrected chi connectivity index (χ3v) is 3.81. The number of Topliss-reactive ketones (excluding diaryl/α,β-unsaturated/α-hetero) is 1. The summed E-state index contributed by atoms with van der Waals surface area (Å²) in [5.41, 5.74) is 3.30. The van der Waals surface area contributed by atoms with Crippen LogP contribution in [-0.2, 0) is 6.42 Å². The highest BCUT2D eigenvalue weighted by Gasteiger charge is 2.09. The van der Waals surface area contributed by atoms with Gasteiger partial charge in [-0.3, -0.25) is 4.79 Å². The fraction of sp³-hybridized carbons (Fsp3) is 0.150. The molecule has 0 unspecified atom stereocenters. The van der Waals surface area contributed by atoms with Crippen LogP contribution in [0.5, 0.6) is 0 Å². The van der Waals surface area contributed by atoms with Gasteiger partial charge < -0.3 is 0 Å². The summed E-state index contributed by atoms with van der Waals surface area (Å²) in [4.78, 5) is 12.5. The number of fused-ring (bicyclic) bond motifs is 1. The molecule has 21 heavy (non-hydrogen) atoms. The van der Waals surface area contributed by atoms with Gasteiger partial charge in [0.25, 0.3) is 0 Å². The minimum absolute atomic E-state index is 0.216. The Morgan fingerprint density at radius 3 is 2.52 bits per heavy atom. The van der Waals surface area contributed by atoms with Gasteiger partial charge in [-0.05, 0) is 29.7 Å². The third-order valence-electron chi connectivity index (χ3n) is 3.81. The molecule has 0 aliphatic rings. The predicted molar refractivity (Wildman–Crippen MR) is 87.8 cm³/mol. The van der Waals surface area contributed by atoms with E-state index in [9.17, 15) is 4.79 Å². The van der Waals surface area contributed by atoms with Crippen LogP contribution < -0.4 is 0 Å². The zero-order chi connectivity index (χ0) is 14.7. The molecule has 3 aromatic rings.